The normalized spacial score (nSPS) is 18.2. The van der Waals surface area contributed by atoms with E-state index in [1.54, 1.807) is 12.1 Å². The lowest BCUT2D eigenvalue weighted by molar-refractivity contribution is -0.119. The monoisotopic (exact) mass is 395 g/mol. The number of piperidine rings is 1. The molecule has 2 aliphatic heterocycles. The molecule has 1 fully saturated rings. The van der Waals surface area contributed by atoms with Gasteiger partial charge in [-0.15, -0.1) is 0 Å². The average molecular weight is 395 g/mol. The number of anilines is 1. The molecule has 1 amide bonds. The topological polar surface area (TPSA) is 74.0 Å². The molecule has 0 spiro atoms. The first-order valence-electron chi connectivity index (χ1n) is 10.2. The molecule has 152 valence electrons. The van der Waals surface area contributed by atoms with E-state index in [0.717, 1.165) is 48.4 Å². The summed E-state index contributed by atoms with van der Waals surface area (Å²) >= 11 is 0. The molecule has 0 aliphatic carbocycles. The number of carbonyl (C=O) groups is 2. The fourth-order valence-electron chi connectivity index (χ4n) is 4.35. The van der Waals surface area contributed by atoms with E-state index >= 15 is 0 Å². The first-order chi connectivity index (χ1) is 13.9. The Hall–Kier alpha value is -2.73. The van der Waals surface area contributed by atoms with Crippen molar-refractivity contribution < 1.29 is 14.0 Å². The largest absolute Gasteiger partial charge is 0.359 e. The molecular weight excluding hydrogens is 369 g/mol. The van der Waals surface area contributed by atoms with Crippen molar-refractivity contribution in [2.45, 2.75) is 39.5 Å². The number of hydrogen-bond donors (Lipinski definition) is 3. The van der Waals surface area contributed by atoms with Crippen molar-refractivity contribution in [2.24, 2.45) is 5.92 Å². The summed E-state index contributed by atoms with van der Waals surface area (Å²) in [5, 5.41) is 6.10. The van der Waals surface area contributed by atoms with Gasteiger partial charge < -0.3 is 15.6 Å². The van der Waals surface area contributed by atoms with Gasteiger partial charge in [0.15, 0.2) is 0 Å². The fourth-order valence-corrected chi connectivity index (χ4v) is 4.35. The van der Waals surface area contributed by atoms with Crippen LogP contribution in [0.4, 0.5) is 10.1 Å². The Kier molecular flexibility index (Phi) is 5.37. The number of Topliss-reactive ketones (excluding diaryl/α,β-unsaturated/α-hetero) is 1. The smallest absolute Gasteiger partial charge is 0.256 e. The quantitative estimate of drug-likeness (QED) is 0.675. The lowest BCUT2D eigenvalue weighted by Crippen LogP contribution is -2.29. The Labute approximate surface area is 169 Å². The van der Waals surface area contributed by atoms with Crippen molar-refractivity contribution in [3.8, 4) is 0 Å². The number of aryl methyl sites for hydroxylation is 1. The van der Waals surface area contributed by atoms with Crippen molar-refractivity contribution in [1.29, 1.82) is 0 Å². The summed E-state index contributed by atoms with van der Waals surface area (Å²) in [6.45, 7) is 5.89. The number of H-pyrrole nitrogens is 1. The highest BCUT2D eigenvalue weighted by Crippen LogP contribution is 2.34. The lowest BCUT2D eigenvalue weighted by Gasteiger charge is -2.21. The van der Waals surface area contributed by atoms with Crippen molar-refractivity contribution in [1.82, 2.24) is 10.3 Å². The standard InChI is InChI=1S/C23H26FN3O2/c1-13-18(11-17(28)9-15-5-7-25-8-6-15)14(2)26-22(13)12-20-19-10-16(24)3-4-21(19)27-23(20)29/h3-4,10,12,15,25-26H,5-9,11H2,1-2H3,(H,27,29)/b20-12-. The van der Waals surface area contributed by atoms with Gasteiger partial charge in [0, 0.05) is 35.5 Å². The minimum atomic E-state index is -0.380. The summed E-state index contributed by atoms with van der Waals surface area (Å²) in [5.41, 5.74) is 5.28. The molecule has 2 aromatic rings. The second-order valence-electron chi connectivity index (χ2n) is 8.08. The molecule has 5 nitrogen and oxygen atoms in total. The van der Waals surface area contributed by atoms with Crippen LogP contribution in [0.2, 0.25) is 0 Å². The summed E-state index contributed by atoms with van der Waals surface area (Å²) in [4.78, 5) is 28.3. The average Bonchev–Trinajstić information content (AvgIpc) is 3.13. The van der Waals surface area contributed by atoms with Gasteiger partial charge in [-0.05, 0) is 81.1 Å². The number of halogens is 1. The second kappa shape index (κ2) is 7.95. The summed E-state index contributed by atoms with van der Waals surface area (Å²) in [6, 6.07) is 4.27. The third-order valence-electron chi connectivity index (χ3n) is 6.03. The van der Waals surface area contributed by atoms with Crippen LogP contribution in [0.25, 0.3) is 11.6 Å². The highest BCUT2D eigenvalue weighted by atomic mass is 19.1. The number of fused-ring (bicyclic) bond motifs is 1. The van der Waals surface area contributed by atoms with Crippen LogP contribution in [-0.2, 0) is 16.0 Å². The molecule has 4 rings (SSSR count). The predicted molar refractivity (Wildman–Crippen MR) is 112 cm³/mol. The SMILES string of the molecule is Cc1[nH]c(/C=C2\C(=O)Nc3ccc(F)cc32)c(C)c1CC(=O)CC1CCNCC1. The molecule has 0 bridgehead atoms. The molecule has 0 radical (unpaired) electrons. The number of ketones is 1. The number of aromatic amines is 1. The Morgan fingerprint density at radius 3 is 2.76 bits per heavy atom. The molecule has 3 heterocycles. The third-order valence-corrected chi connectivity index (χ3v) is 6.03. The minimum Gasteiger partial charge on any atom is -0.359 e. The Balaban J connectivity index is 1.56. The molecular formula is C23H26FN3O2. The second-order valence-corrected chi connectivity index (χ2v) is 8.08. The molecule has 29 heavy (non-hydrogen) atoms. The summed E-state index contributed by atoms with van der Waals surface area (Å²) in [6.07, 6.45) is 4.89. The molecule has 1 aromatic heterocycles. The van der Waals surface area contributed by atoms with Crippen molar-refractivity contribution in [3.63, 3.8) is 0 Å². The van der Waals surface area contributed by atoms with Gasteiger partial charge in [0.25, 0.3) is 5.91 Å². The van der Waals surface area contributed by atoms with Crippen LogP contribution in [0.15, 0.2) is 18.2 Å². The van der Waals surface area contributed by atoms with Gasteiger partial charge in [0.05, 0.1) is 5.57 Å². The maximum Gasteiger partial charge on any atom is 0.256 e. The van der Waals surface area contributed by atoms with Gasteiger partial charge in [0.2, 0.25) is 0 Å². The lowest BCUT2D eigenvalue weighted by atomic mass is 9.90. The highest BCUT2D eigenvalue weighted by Gasteiger charge is 2.26. The maximum atomic E-state index is 13.7. The van der Waals surface area contributed by atoms with Gasteiger partial charge in [-0.3, -0.25) is 9.59 Å². The Bertz CT molecular complexity index is 1000. The third kappa shape index (κ3) is 4.03. The van der Waals surface area contributed by atoms with Crippen LogP contribution in [0.5, 0.6) is 0 Å². The van der Waals surface area contributed by atoms with Crippen LogP contribution >= 0.6 is 0 Å². The van der Waals surface area contributed by atoms with E-state index in [2.05, 4.69) is 15.6 Å². The predicted octanol–water partition coefficient (Wildman–Crippen LogP) is 3.76. The van der Waals surface area contributed by atoms with Crippen LogP contribution < -0.4 is 10.6 Å². The van der Waals surface area contributed by atoms with Gasteiger partial charge in [-0.2, -0.15) is 0 Å². The van der Waals surface area contributed by atoms with Gasteiger partial charge in [0.1, 0.15) is 11.6 Å². The molecule has 0 saturated carbocycles. The van der Waals surface area contributed by atoms with Gasteiger partial charge in [-0.1, -0.05) is 0 Å². The van der Waals surface area contributed by atoms with E-state index in [1.807, 2.05) is 13.8 Å². The highest BCUT2D eigenvalue weighted by molar-refractivity contribution is 6.34. The Morgan fingerprint density at radius 1 is 1.24 bits per heavy atom. The van der Waals surface area contributed by atoms with E-state index < -0.39 is 0 Å². The number of carbonyl (C=O) groups excluding carboxylic acids is 2. The van der Waals surface area contributed by atoms with Crippen LogP contribution in [0, 0.1) is 25.6 Å². The number of benzene rings is 1. The zero-order valence-electron chi connectivity index (χ0n) is 16.8. The van der Waals surface area contributed by atoms with E-state index in [0.29, 0.717) is 35.6 Å². The van der Waals surface area contributed by atoms with Crippen LogP contribution in [0.3, 0.4) is 0 Å². The van der Waals surface area contributed by atoms with Crippen molar-refractivity contribution in [2.75, 3.05) is 18.4 Å². The molecule has 6 heteroatoms. The molecule has 0 atom stereocenters. The number of nitrogens with one attached hydrogen (secondary N) is 3. The molecule has 3 N–H and O–H groups in total. The molecule has 2 aliphatic rings. The van der Waals surface area contributed by atoms with Crippen molar-refractivity contribution >= 4 is 29.0 Å². The van der Waals surface area contributed by atoms with Crippen LogP contribution in [0.1, 0.15) is 47.3 Å². The summed E-state index contributed by atoms with van der Waals surface area (Å²) in [7, 11) is 0. The summed E-state index contributed by atoms with van der Waals surface area (Å²) < 4.78 is 13.7. The van der Waals surface area contributed by atoms with E-state index in [-0.39, 0.29) is 17.5 Å². The zero-order chi connectivity index (χ0) is 20.5. The molecule has 1 aromatic carbocycles. The minimum absolute atomic E-state index is 0.249. The first kappa shape index (κ1) is 19.6. The first-order valence-corrected chi connectivity index (χ1v) is 10.2. The van der Waals surface area contributed by atoms with Crippen LogP contribution in [-0.4, -0.2) is 29.8 Å². The van der Waals surface area contributed by atoms with E-state index in [9.17, 15) is 14.0 Å². The molecule has 0 unspecified atom stereocenters. The zero-order valence-corrected chi connectivity index (χ0v) is 16.8. The van der Waals surface area contributed by atoms with E-state index in [4.69, 9.17) is 0 Å². The number of amides is 1. The maximum absolute atomic E-state index is 13.7. The Morgan fingerprint density at radius 2 is 2.00 bits per heavy atom. The summed E-state index contributed by atoms with van der Waals surface area (Å²) in [5.74, 6) is 0.0985. The number of aromatic nitrogens is 1. The van der Waals surface area contributed by atoms with E-state index in [1.165, 1.54) is 12.1 Å². The van der Waals surface area contributed by atoms with Gasteiger partial charge in [-0.25, -0.2) is 4.39 Å². The van der Waals surface area contributed by atoms with Gasteiger partial charge >= 0.3 is 0 Å². The molecule has 1 saturated heterocycles. The van der Waals surface area contributed by atoms with Crippen molar-refractivity contribution in [3.05, 3.63) is 52.1 Å². The number of hydrogen-bond acceptors (Lipinski definition) is 3. The number of rotatable bonds is 5. The fraction of sp³-hybridized carbons (Fsp3) is 0.391.